The molecule has 0 amide bonds. The molecule has 0 aromatic heterocycles. The van der Waals surface area contributed by atoms with Crippen LogP contribution in [-0.2, 0) is 5.41 Å². The molecule has 2 atom stereocenters. The van der Waals surface area contributed by atoms with Crippen LogP contribution >= 0.6 is 0 Å². The summed E-state index contributed by atoms with van der Waals surface area (Å²) in [5.74, 6) is 1.13. The standard InChI is InChI=1S/C59H42N2/c1-4-18-41(19-5-1)52-36-44-22-14-15-27-50(44)57-56(52)51-33-32-47(37-53(51)59(57,48-23-6-2-7-24-48)49-25-8-3-9-26-49)58-60-54(45-30-28-39-16-10-12-20-42(39)34-45)38-55(61-58)46-31-29-40-17-11-13-21-43(40)35-46/h1-35,37-38,44,54H,36H2,(H,60,61). The van der Waals surface area contributed by atoms with Gasteiger partial charge in [0.15, 0.2) is 0 Å². The Balaban J connectivity index is 1.12. The van der Waals surface area contributed by atoms with Gasteiger partial charge in [-0.25, -0.2) is 4.99 Å². The molecule has 0 spiro atoms. The van der Waals surface area contributed by atoms with Crippen molar-refractivity contribution in [1.29, 1.82) is 0 Å². The quantitative estimate of drug-likeness (QED) is 0.179. The number of hydrogen-bond donors (Lipinski definition) is 1. The summed E-state index contributed by atoms with van der Waals surface area (Å²) in [5.41, 5.74) is 15.7. The van der Waals surface area contributed by atoms with Gasteiger partial charge in [0.2, 0.25) is 0 Å². The largest absolute Gasteiger partial charge is 0.359 e. The third-order valence-corrected chi connectivity index (χ3v) is 13.3. The highest BCUT2D eigenvalue weighted by atomic mass is 15.0. The maximum Gasteiger partial charge on any atom is 0.134 e. The Morgan fingerprint density at radius 2 is 1.15 bits per heavy atom. The maximum atomic E-state index is 5.53. The molecule has 288 valence electrons. The van der Waals surface area contributed by atoms with Gasteiger partial charge in [-0.2, -0.15) is 0 Å². The van der Waals surface area contributed by atoms with Crippen LogP contribution in [0.2, 0.25) is 0 Å². The van der Waals surface area contributed by atoms with Crippen molar-refractivity contribution in [1.82, 2.24) is 5.32 Å². The van der Waals surface area contributed by atoms with E-state index in [4.69, 9.17) is 4.99 Å². The van der Waals surface area contributed by atoms with Crippen molar-refractivity contribution in [2.75, 3.05) is 0 Å². The normalized spacial score (nSPS) is 18.6. The fraction of sp³-hybridized carbons (Fsp3) is 0.0678. The van der Waals surface area contributed by atoms with Gasteiger partial charge in [-0.15, -0.1) is 0 Å². The number of benzene rings is 8. The van der Waals surface area contributed by atoms with E-state index in [9.17, 15) is 0 Å². The van der Waals surface area contributed by atoms with Crippen LogP contribution < -0.4 is 5.32 Å². The lowest BCUT2D eigenvalue weighted by molar-refractivity contribution is 0.713. The molecule has 12 rings (SSSR count). The van der Waals surface area contributed by atoms with E-state index in [1.807, 2.05) is 0 Å². The lowest BCUT2D eigenvalue weighted by atomic mass is 9.62. The van der Waals surface area contributed by atoms with Crippen LogP contribution in [-0.4, -0.2) is 5.84 Å². The van der Waals surface area contributed by atoms with Crippen molar-refractivity contribution in [2.45, 2.75) is 17.9 Å². The van der Waals surface area contributed by atoms with Crippen LogP contribution in [0.4, 0.5) is 0 Å². The Morgan fingerprint density at radius 1 is 0.525 bits per heavy atom. The summed E-state index contributed by atoms with van der Waals surface area (Å²) in [6.45, 7) is 0. The van der Waals surface area contributed by atoms with Gasteiger partial charge in [-0.1, -0.05) is 200 Å². The molecule has 0 saturated heterocycles. The Labute approximate surface area is 357 Å². The molecule has 8 aromatic carbocycles. The first-order chi connectivity index (χ1) is 30.2. The molecule has 1 heterocycles. The molecule has 1 aliphatic heterocycles. The van der Waals surface area contributed by atoms with Crippen molar-refractivity contribution >= 4 is 44.2 Å². The lowest BCUT2D eigenvalue weighted by Gasteiger charge is -2.39. The molecule has 1 N–H and O–H groups in total. The highest BCUT2D eigenvalue weighted by Gasteiger charge is 2.52. The minimum absolute atomic E-state index is 0.0975. The van der Waals surface area contributed by atoms with Gasteiger partial charge in [0.25, 0.3) is 0 Å². The summed E-state index contributed by atoms with van der Waals surface area (Å²) >= 11 is 0. The average molecular weight is 779 g/mol. The molecule has 2 unspecified atom stereocenters. The van der Waals surface area contributed by atoms with Crippen molar-refractivity contribution in [3.05, 3.63) is 280 Å². The highest BCUT2D eigenvalue weighted by molar-refractivity contribution is 6.10. The minimum Gasteiger partial charge on any atom is -0.359 e. The van der Waals surface area contributed by atoms with Gasteiger partial charge < -0.3 is 5.32 Å². The number of nitrogens with one attached hydrogen (secondary N) is 1. The first-order valence-electron chi connectivity index (χ1n) is 21.4. The Kier molecular flexibility index (Phi) is 8.31. The number of amidine groups is 1. The second kappa shape index (κ2) is 14.3. The fourth-order valence-corrected chi connectivity index (χ4v) is 10.5. The van der Waals surface area contributed by atoms with Crippen molar-refractivity contribution < 1.29 is 0 Å². The zero-order valence-electron chi connectivity index (χ0n) is 33.7. The van der Waals surface area contributed by atoms with Crippen LogP contribution in [0.1, 0.15) is 57.0 Å². The number of rotatable bonds is 6. The van der Waals surface area contributed by atoms with E-state index in [2.05, 4.69) is 230 Å². The van der Waals surface area contributed by atoms with Crippen LogP contribution in [0, 0.1) is 5.92 Å². The molecule has 2 nitrogen and oxygen atoms in total. The molecule has 4 aliphatic rings. The zero-order chi connectivity index (χ0) is 40.3. The van der Waals surface area contributed by atoms with Gasteiger partial charge in [-0.3, -0.25) is 0 Å². The minimum atomic E-state index is -0.587. The monoisotopic (exact) mass is 778 g/mol. The Bertz CT molecular complexity index is 3190. The van der Waals surface area contributed by atoms with E-state index in [1.54, 1.807) is 0 Å². The average Bonchev–Trinajstić information content (AvgIpc) is 3.65. The van der Waals surface area contributed by atoms with Gasteiger partial charge >= 0.3 is 0 Å². The fourth-order valence-electron chi connectivity index (χ4n) is 10.5. The summed E-state index contributed by atoms with van der Waals surface area (Å²) in [6.07, 6.45) is 12.5. The smallest absolute Gasteiger partial charge is 0.134 e. The van der Waals surface area contributed by atoms with E-state index in [0.29, 0.717) is 0 Å². The van der Waals surface area contributed by atoms with Crippen molar-refractivity contribution in [2.24, 2.45) is 10.9 Å². The van der Waals surface area contributed by atoms with E-state index in [-0.39, 0.29) is 12.0 Å². The van der Waals surface area contributed by atoms with Crippen LogP contribution in [0.5, 0.6) is 0 Å². The first-order valence-corrected chi connectivity index (χ1v) is 21.4. The predicted octanol–water partition coefficient (Wildman–Crippen LogP) is 13.8. The number of fused-ring (bicyclic) bond motifs is 6. The molecule has 2 heteroatoms. The highest BCUT2D eigenvalue weighted by Crippen LogP contribution is 2.63. The van der Waals surface area contributed by atoms with E-state index >= 15 is 0 Å². The summed E-state index contributed by atoms with van der Waals surface area (Å²) in [7, 11) is 0. The van der Waals surface area contributed by atoms with E-state index in [0.717, 1.165) is 29.1 Å². The Morgan fingerprint density at radius 3 is 1.87 bits per heavy atom. The number of nitrogens with zero attached hydrogens (tertiary/aromatic N) is 1. The second-order valence-corrected chi connectivity index (χ2v) is 16.6. The maximum absolute atomic E-state index is 5.53. The topological polar surface area (TPSA) is 24.4 Å². The Hall–Kier alpha value is -7.55. The number of hydrogen-bond acceptors (Lipinski definition) is 2. The molecule has 3 aliphatic carbocycles. The van der Waals surface area contributed by atoms with Crippen molar-refractivity contribution in [3.8, 4) is 0 Å². The predicted molar refractivity (Wildman–Crippen MR) is 254 cm³/mol. The van der Waals surface area contributed by atoms with Gasteiger partial charge in [0, 0.05) is 17.0 Å². The van der Waals surface area contributed by atoms with Crippen LogP contribution in [0.15, 0.2) is 241 Å². The SMILES string of the molecule is C1=CC2=C3C(=C(c4ccccc4)CC2C=C1)c1ccc(C2=NC(c4ccc5ccccc5c4)=CC(c4ccc5ccccc5c4)N2)cc1C3(c1ccccc1)c1ccccc1. The number of aliphatic imine (C=N–C) groups is 1. The summed E-state index contributed by atoms with van der Waals surface area (Å²) in [5, 5.41) is 8.84. The van der Waals surface area contributed by atoms with E-state index < -0.39 is 5.41 Å². The summed E-state index contributed by atoms with van der Waals surface area (Å²) in [4.78, 5) is 5.53. The van der Waals surface area contributed by atoms with Crippen LogP contribution in [0.3, 0.4) is 0 Å². The van der Waals surface area contributed by atoms with Crippen molar-refractivity contribution in [3.63, 3.8) is 0 Å². The van der Waals surface area contributed by atoms with Gasteiger partial charge in [-0.05, 0) is 108 Å². The number of allylic oxidation sites excluding steroid dienone is 8. The third-order valence-electron chi connectivity index (χ3n) is 13.3. The molecule has 0 radical (unpaired) electrons. The molecule has 0 saturated carbocycles. The second-order valence-electron chi connectivity index (χ2n) is 16.6. The summed E-state index contributed by atoms with van der Waals surface area (Å²) in [6, 6.07) is 71.3. The van der Waals surface area contributed by atoms with Gasteiger partial charge in [0.05, 0.1) is 17.2 Å². The first kappa shape index (κ1) is 35.4. The molecular formula is C59H42N2. The zero-order valence-corrected chi connectivity index (χ0v) is 33.7. The molecule has 0 fully saturated rings. The molecule has 8 aromatic rings. The summed E-state index contributed by atoms with van der Waals surface area (Å²) < 4.78 is 0. The van der Waals surface area contributed by atoms with Gasteiger partial charge in [0.1, 0.15) is 5.84 Å². The molecule has 61 heavy (non-hydrogen) atoms. The molecule has 0 bridgehead atoms. The molecular weight excluding hydrogens is 737 g/mol. The van der Waals surface area contributed by atoms with Crippen LogP contribution in [0.25, 0.3) is 38.4 Å². The lowest BCUT2D eigenvalue weighted by Crippen LogP contribution is -2.33. The third kappa shape index (κ3) is 5.74. The van der Waals surface area contributed by atoms with E-state index in [1.165, 1.54) is 77.2 Å².